The van der Waals surface area contributed by atoms with Gasteiger partial charge < -0.3 is 20.9 Å². The maximum absolute atomic E-state index is 12.5. The quantitative estimate of drug-likeness (QED) is 0.756. The second-order valence-corrected chi connectivity index (χ2v) is 6.84. The lowest BCUT2D eigenvalue weighted by Gasteiger charge is -2.36. The second-order valence-electron chi connectivity index (χ2n) is 6.84. The van der Waals surface area contributed by atoms with Gasteiger partial charge in [-0.15, -0.1) is 24.8 Å². The van der Waals surface area contributed by atoms with Crippen molar-refractivity contribution in [1.29, 1.82) is 0 Å². The fourth-order valence-corrected chi connectivity index (χ4v) is 3.67. The van der Waals surface area contributed by atoms with Crippen LogP contribution in [-0.4, -0.2) is 61.0 Å². The summed E-state index contributed by atoms with van der Waals surface area (Å²) in [5.41, 5.74) is 5.87. The molecule has 0 aromatic carbocycles. The van der Waals surface area contributed by atoms with E-state index in [-0.39, 0.29) is 30.7 Å². The Kier molecular flexibility index (Phi) is 9.83. The SMILES string of the molecule is Cl.Cl.NC(=O)c1cccnc1N1CCN(C(=O)CCC2CCNCC2)CC1. The number of carbonyl (C=O) groups excluding carboxylic acids is 2. The Balaban J connectivity index is 0.00000182. The number of nitrogens with zero attached hydrogens (tertiary/aromatic N) is 3. The summed E-state index contributed by atoms with van der Waals surface area (Å²) in [5, 5.41) is 3.36. The van der Waals surface area contributed by atoms with Crippen LogP contribution in [-0.2, 0) is 4.79 Å². The number of primary amides is 1. The van der Waals surface area contributed by atoms with Crippen molar-refractivity contribution in [3.05, 3.63) is 23.9 Å². The summed E-state index contributed by atoms with van der Waals surface area (Å²) in [6.07, 6.45) is 5.65. The molecule has 0 bridgehead atoms. The van der Waals surface area contributed by atoms with Crippen molar-refractivity contribution in [2.24, 2.45) is 11.7 Å². The predicted octanol–water partition coefficient (Wildman–Crippen LogP) is 1.45. The Hall–Kier alpha value is -1.57. The average Bonchev–Trinajstić information content (AvgIpc) is 2.67. The number of amides is 2. The Morgan fingerprint density at radius 3 is 2.44 bits per heavy atom. The van der Waals surface area contributed by atoms with Gasteiger partial charge in [0.05, 0.1) is 5.56 Å². The first-order chi connectivity index (χ1) is 12.1. The van der Waals surface area contributed by atoms with E-state index in [9.17, 15) is 9.59 Å². The lowest BCUT2D eigenvalue weighted by Crippen LogP contribution is -2.49. The zero-order valence-corrected chi connectivity index (χ0v) is 17.1. The molecule has 3 rings (SSSR count). The number of hydrogen-bond donors (Lipinski definition) is 2. The van der Waals surface area contributed by atoms with E-state index >= 15 is 0 Å². The molecule has 0 radical (unpaired) electrons. The van der Waals surface area contributed by atoms with Gasteiger partial charge in [-0.05, 0) is 50.4 Å². The molecule has 27 heavy (non-hydrogen) atoms. The summed E-state index contributed by atoms with van der Waals surface area (Å²) in [6, 6.07) is 3.41. The molecule has 1 aromatic heterocycles. The molecule has 2 aliphatic rings. The topological polar surface area (TPSA) is 91.6 Å². The first kappa shape index (κ1) is 23.5. The summed E-state index contributed by atoms with van der Waals surface area (Å²) in [6.45, 7) is 4.83. The number of anilines is 1. The molecule has 0 saturated carbocycles. The van der Waals surface area contributed by atoms with Gasteiger partial charge in [0.2, 0.25) is 5.91 Å². The first-order valence-corrected chi connectivity index (χ1v) is 9.13. The van der Waals surface area contributed by atoms with Crippen LogP contribution in [0.15, 0.2) is 18.3 Å². The van der Waals surface area contributed by atoms with Crippen molar-refractivity contribution in [3.8, 4) is 0 Å². The Bertz CT molecular complexity index is 618. The van der Waals surface area contributed by atoms with E-state index in [1.54, 1.807) is 18.3 Å². The zero-order chi connectivity index (χ0) is 17.6. The number of piperazine rings is 1. The summed E-state index contributed by atoms with van der Waals surface area (Å²) in [4.78, 5) is 32.3. The third-order valence-corrected chi connectivity index (χ3v) is 5.21. The molecule has 2 fully saturated rings. The third-order valence-electron chi connectivity index (χ3n) is 5.21. The van der Waals surface area contributed by atoms with Gasteiger partial charge >= 0.3 is 0 Å². The number of nitrogens with two attached hydrogens (primary N) is 1. The highest BCUT2D eigenvalue weighted by molar-refractivity contribution is 5.97. The van der Waals surface area contributed by atoms with Crippen LogP contribution in [0.4, 0.5) is 5.82 Å². The van der Waals surface area contributed by atoms with E-state index in [1.807, 2.05) is 9.80 Å². The van der Waals surface area contributed by atoms with Gasteiger partial charge in [0, 0.05) is 38.8 Å². The molecule has 0 aliphatic carbocycles. The summed E-state index contributed by atoms with van der Waals surface area (Å²) >= 11 is 0. The maximum atomic E-state index is 12.5. The summed E-state index contributed by atoms with van der Waals surface area (Å²) in [5.74, 6) is 1.08. The number of nitrogens with one attached hydrogen (secondary N) is 1. The van der Waals surface area contributed by atoms with Crippen LogP contribution in [0.3, 0.4) is 0 Å². The largest absolute Gasteiger partial charge is 0.365 e. The van der Waals surface area contributed by atoms with Gasteiger partial charge in [-0.25, -0.2) is 4.98 Å². The van der Waals surface area contributed by atoms with Crippen molar-refractivity contribution in [1.82, 2.24) is 15.2 Å². The molecule has 7 nitrogen and oxygen atoms in total. The monoisotopic (exact) mass is 417 g/mol. The summed E-state index contributed by atoms with van der Waals surface area (Å²) in [7, 11) is 0. The van der Waals surface area contributed by atoms with Gasteiger partial charge in [0.25, 0.3) is 5.91 Å². The highest BCUT2D eigenvalue weighted by Crippen LogP contribution is 2.21. The van der Waals surface area contributed by atoms with E-state index in [0.29, 0.717) is 49.9 Å². The molecule has 3 N–H and O–H groups in total. The van der Waals surface area contributed by atoms with E-state index in [1.165, 1.54) is 12.8 Å². The fourth-order valence-electron chi connectivity index (χ4n) is 3.67. The van der Waals surface area contributed by atoms with Crippen LogP contribution in [0, 0.1) is 5.92 Å². The van der Waals surface area contributed by atoms with Gasteiger partial charge in [-0.3, -0.25) is 9.59 Å². The fraction of sp³-hybridized carbons (Fsp3) is 0.611. The van der Waals surface area contributed by atoms with Crippen LogP contribution in [0.1, 0.15) is 36.0 Å². The molecule has 0 spiro atoms. The predicted molar refractivity (Wildman–Crippen MR) is 111 cm³/mol. The van der Waals surface area contributed by atoms with Crippen LogP contribution in [0.25, 0.3) is 0 Å². The van der Waals surface area contributed by atoms with Crippen LogP contribution < -0.4 is 16.0 Å². The molecule has 2 amide bonds. The lowest BCUT2D eigenvalue weighted by atomic mass is 9.93. The van der Waals surface area contributed by atoms with Crippen LogP contribution in [0.2, 0.25) is 0 Å². The normalized spacial score (nSPS) is 17.6. The number of halogens is 2. The van der Waals surface area contributed by atoms with Crippen LogP contribution >= 0.6 is 24.8 Å². The van der Waals surface area contributed by atoms with Gasteiger partial charge in [-0.1, -0.05) is 0 Å². The van der Waals surface area contributed by atoms with Gasteiger partial charge in [0.1, 0.15) is 5.82 Å². The van der Waals surface area contributed by atoms with Gasteiger partial charge in [-0.2, -0.15) is 0 Å². The smallest absolute Gasteiger partial charge is 0.252 e. The Morgan fingerprint density at radius 1 is 1.15 bits per heavy atom. The van der Waals surface area contributed by atoms with Crippen molar-refractivity contribution >= 4 is 42.4 Å². The van der Waals surface area contributed by atoms with Crippen molar-refractivity contribution in [2.45, 2.75) is 25.7 Å². The molecule has 9 heteroatoms. The number of hydrogen-bond acceptors (Lipinski definition) is 5. The van der Waals surface area contributed by atoms with E-state index in [2.05, 4.69) is 10.3 Å². The van der Waals surface area contributed by atoms with Crippen LogP contribution in [0.5, 0.6) is 0 Å². The summed E-state index contributed by atoms with van der Waals surface area (Å²) < 4.78 is 0. The second kappa shape index (κ2) is 11.3. The highest BCUT2D eigenvalue weighted by Gasteiger charge is 2.25. The van der Waals surface area contributed by atoms with Crippen molar-refractivity contribution in [2.75, 3.05) is 44.2 Å². The van der Waals surface area contributed by atoms with E-state index in [4.69, 9.17) is 5.73 Å². The van der Waals surface area contributed by atoms with E-state index < -0.39 is 5.91 Å². The molecule has 152 valence electrons. The number of aromatic nitrogens is 1. The number of pyridine rings is 1. The molecule has 0 atom stereocenters. The molecule has 2 aliphatic heterocycles. The highest BCUT2D eigenvalue weighted by atomic mass is 35.5. The Morgan fingerprint density at radius 2 is 1.81 bits per heavy atom. The molecular formula is C18H29Cl2N5O2. The lowest BCUT2D eigenvalue weighted by molar-refractivity contribution is -0.131. The average molecular weight is 418 g/mol. The number of rotatable bonds is 5. The minimum atomic E-state index is -0.469. The van der Waals surface area contributed by atoms with Crippen molar-refractivity contribution in [3.63, 3.8) is 0 Å². The van der Waals surface area contributed by atoms with E-state index in [0.717, 1.165) is 19.5 Å². The Labute approximate surface area is 172 Å². The molecular weight excluding hydrogens is 389 g/mol. The molecule has 1 aromatic rings. The standard InChI is InChI=1S/C18H27N5O2.2ClH/c19-17(25)15-2-1-7-21-18(15)23-12-10-22(11-13-23)16(24)4-3-14-5-8-20-9-6-14;;/h1-2,7,14,20H,3-6,8-13H2,(H2,19,25);2*1H. The number of piperidine rings is 1. The minimum Gasteiger partial charge on any atom is -0.365 e. The van der Waals surface area contributed by atoms with Gasteiger partial charge in [0.15, 0.2) is 0 Å². The third kappa shape index (κ3) is 6.23. The maximum Gasteiger partial charge on any atom is 0.252 e. The molecule has 0 unspecified atom stereocenters. The van der Waals surface area contributed by atoms with Crippen molar-refractivity contribution < 1.29 is 9.59 Å². The number of carbonyl (C=O) groups is 2. The molecule has 3 heterocycles. The zero-order valence-electron chi connectivity index (χ0n) is 15.4. The first-order valence-electron chi connectivity index (χ1n) is 9.13. The molecule has 2 saturated heterocycles. The minimum absolute atomic E-state index is 0.